The van der Waals surface area contributed by atoms with Gasteiger partial charge in [-0.15, -0.1) is 0 Å². The summed E-state index contributed by atoms with van der Waals surface area (Å²) in [7, 11) is -0.00794. The fourth-order valence-electron chi connectivity index (χ4n) is 6.46. The topological polar surface area (TPSA) is 90.7 Å². The van der Waals surface area contributed by atoms with Crippen LogP contribution in [0.2, 0.25) is 10.0 Å². The molecule has 2 unspecified atom stereocenters. The molecule has 48 heavy (non-hydrogen) atoms. The van der Waals surface area contributed by atoms with Crippen molar-refractivity contribution in [2.45, 2.75) is 36.0 Å². The predicted octanol–water partition coefficient (Wildman–Crippen LogP) is 7.56. The Hall–Kier alpha value is -3.81. The van der Waals surface area contributed by atoms with Crippen LogP contribution in [0.3, 0.4) is 0 Å². The van der Waals surface area contributed by atoms with Crippen molar-refractivity contribution < 1.29 is 22.9 Å². The predicted molar refractivity (Wildman–Crippen MR) is 188 cm³/mol. The summed E-state index contributed by atoms with van der Waals surface area (Å²) >= 11 is 12.7. The van der Waals surface area contributed by atoms with Gasteiger partial charge in [-0.05, 0) is 103 Å². The van der Waals surface area contributed by atoms with E-state index in [0.717, 1.165) is 42.4 Å². The molecule has 4 aromatic carbocycles. The number of carbonyl (C=O) groups is 2. The van der Waals surface area contributed by atoms with Crippen LogP contribution in [0.25, 0.3) is 10.8 Å². The number of ether oxygens (including phenoxy) is 1. The fraction of sp³-hybridized carbons (Fsp3) is 0.324. The first kappa shape index (κ1) is 35.5. The lowest BCUT2D eigenvalue weighted by Crippen LogP contribution is -2.40. The molecule has 0 bridgehead atoms. The molecule has 1 aliphatic heterocycles. The maximum Gasteiger partial charge on any atom is 0.325 e. The van der Waals surface area contributed by atoms with E-state index in [2.05, 4.69) is 11.0 Å². The highest BCUT2D eigenvalue weighted by molar-refractivity contribution is 7.84. The SMILES string of the molecule is COC(=O)CN(CC(CCN1CCC(c2ccc(F)cc2S(C)=O)CC1)c1ccc(Cl)c(Cl)c1)C(=O)c1cc(C#N)cc2ccccc12. The molecule has 0 spiro atoms. The molecule has 11 heteroatoms. The third kappa shape index (κ3) is 8.42. The Bertz CT molecular complexity index is 1890. The number of carbonyl (C=O) groups excluding carboxylic acids is 2. The molecule has 4 aromatic rings. The molecule has 1 fully saturated rings. The summed E-state index contributed by atoms with van der Waals surface area (Å²) in [4.78, 5) is 31.3. The molecule has 0 aromatic heterocycles. The number of fused-ring (bicyclic) bond motifs is 1. The van der Waals surface area contributed by atoms with Gasteiger partial charge < -0.3 is 14.5 Å². The van der Waals surface area contributed by atoms with Crippen LogP contribution in [0.1, 0.15) is 58.1 Å². The number of halogens is 3. The highest BCUT2D eigenvalue weighted by atomic mass is 35.5. The van der Waals surface area contributed by atoms with Gasteiger partial charge in [0.05, 0.1) is 39.6 Å². The van der Waals surface area contributed by atoms with Crippen molar-refractivity contribution in [3.05, 3.63) is 111 Å². The number of hydrogen-bond acceptors (Lipinski definition) is 6. The summed E-state index contributed by atoms with van der Waals surface area (Å²) in [6, 6.07) is 22.8. The first-order chi connectivity index (χ1) is 23.1. The molecular weight excluding hydrogens is 672 g/mol. The molecule has 1 amide bonds. The van der Waals surface area contributed by atoms with Gasteiger partial charge in [-0.2, -0.15) is 5.26 Å². The lowest BCUT2D eigenvalue weighted by atomic mass is 9.88. The van der Waals surface area contributed by atoms with Crippen LogP contribution >= 0.6 is 23.2 Å². The molecule has 0 radical (unpaired) electrons. The maximum absolute atomic E-state index is 14.2. The average Bonchev–Trinajstić information content (AvgIpc) is 3.10. The zero-order chi connectivity index (χ0) is 34.4. The summed E-state index contributed by atoms with van der Waals surface area (Å²) in [6.07, 6.45) is 3.89. The van der Waals surface area contributed by atoms with E-state index in [4.69, 9.17) is 27.9 Å². The van der Waals surface area contributed by atoms with Crippen molar-refractivity contribution in [1.29, 1.82) is 5.26 Å². The van der Waals surface area contributed by atoms with Crippen LogP contribution in [-0.2, 0) is 20.3 Å². The summed E-state index contributed by atoms with van der Waals surface area (Å²) in [5.74, 6) is -1.38. The monoisotopic (exact) mass is 707 g/mol. The van der Waals surface area contributed by atoms with Gasteiger partial charge in [0.25, 0.3) is 5.91 Å². The van der Waals surface area contributed by atoms with Gasteiger partial charge >= 0.3 is 5.97 Å². The molecule has 1 heterocycles. The van der Waals surface area contributed by atoms with Crippen LogP contribution in [-0.4, -0.2) is 72.0 Å². The second-order valence-electron chi connectivity index (χ2n) is 12.0. The van der Waals surface area contributed by atoms with Crippen molar-refractivity contribution in [1.82, 2.24) is 9.80 Å². The Balaban J connectivity index is 1.39. The molecule has 1 saturated heterocycles. The largest absolute Gasteiger partial charge is 0.468 e. The summed E-state index contributed by atoms with van der Waals surface area (Å²) in [6.45, 7) is 2.21. The zero-order valence-corrected chi connectivity index (χ0v) is 29.1. The summed E-state index contributed by atoms with van der Waals surface area (Å²) in [5.41, 5.74) is 2.49. The minimum absolute atomic E-state index is 0.179. The number of nitrogens with zero attached hydrogens (tertiary/aromatic N) is 3. The number of methoxy groups -OCH3 is 1. The standard InChI is InChI=1S/C37H36Cl2FN3O4S/c1-47-36(44)23-43(37(45)32-18-24(21-41)17-27-5-3-4-6-30(27)32)22-28(26-7-10-33(38)34(39)19-26)13-16-42-14-11-25(12-15-42)31-9-8-29(40)20-35(31)48(2)46/h3-10,17-20,25,28H,11-16,22-23H2,1-2H3. The van der Waals surface area contributed by atoms with Crippen molar-refractivity contribution in [3.63, 3.8) is 0 Å². The first-order valence-electron chi connectivity index (χ1n) is 15.7. The highest BCUT2D eigenvalue weighted by Crippen LogP contribution is 2.34. The number of hydrogen-bond donors (Lipinski definition) is 0. The van der Waals surface area contributed by atoms with E-state index in [1.807, 2.05) is 30.3 Å². The molecular formula is C37H36Cl2FN3O4S. The number of esters is 1. The van der Waals surface area contributed by atoms with Crippen LogP contribution in [0.15, 0.2) is 77.7 Å². The van der Waals surface area contributed by atoms with E-state index in [1.165, 1.54) is 24.1 Å². The fourth-order valence-corrected chi connectivity index (χ4v) is 7.61. The normalized spacial score (nSPS) is 15.1. The molecule has 7 nitrogen and oxygen atoms in total. The molecule has 5 rings (SSSR count). The summed E-state index contributed by atoms with van der Waals surface area (Å²) in [5, 5.41) is 11.9. The lowest BCUT2D eigenvalue weighted by Gasteiger charge is -2.34. The Morgan fingerprint density at radius 2 is 1.81 bits per heavy atom. The number of likely N-dealkylation sites (tertiary alicyclic amines) is 1. The second kappa shape index (κ2) is 16.1. The zero-order valence-electron chi connectivity index (χ0n) is 26.8. The van der Waals surface area contributed by atoms with Gasteiger partial charge in [0.2, 0.25) is 0 Å². The number of amides is 1. The molecule has 250 valence electrons. The average molecular weight is 709 g/mol. The number of piperidine rings is 1. The van der Waals surface area contributed by atoms with Crippen molar-refractivity contribution >= 4 is 56.7 Å². The van der Waals surface area contributed by atoms with Gasteiger partial charge in [0.1, 0.15) is 12.4 Å². The molecule has 0 saturated carbocycles. The quantitative estimate of drug-likeness (QED) is 0.150. The summed E-state index contributed by atoms with van der Waals surface area (Å²) < 4.78 is 31.2. The van der Waals surface area contributed by atoms with Crippen molar-refractivity contribution in [3.8, 4) is 6.07 Å². The van der Waals surface area contributed by atoms with Gasteiger partial charge in [0, 0.05) is 29.2 Å². The van der Waals surface area contributed by atoms with E-state index in [-0.39, 0.29) is 36.6 Å². The minimum atomic E-state index is -1.29. The maximum atomic E-state index is 14.2. The Morgan fingerprint density at radius 3 is 2.50 bits per heavy atom. The third-order valence-corrected chi connectivity index (χ3v) is 10.7. The molecule has 1 aliphatic rings. The van der Waals surface area contributed by atoms with Crippen LogP contribution in [0, 0.1) is 17.1 Å². The Morgan fingerprint density at radius 1 is 1.06 bits per heavy atom. The van der Waals surface area contributed by atoms with Gasteiger partial charge in [0.15, 0.2) is 0 Å². The van der Waals surface area contributed by atoms with E-state index < -0.39 is 16.8 Å². The lowest BCUT2D eigenvalue weighted by molar-refractivity contribution is -0.141. The smallest absolute Gasteiger partial charge is 0.325 e. The third-order valence-electron chi connectivity index (χ3n) is 9.02. The van der Waals surface area contributed by atoms with Crippen molar-refractivity contribution in [2.24, 2.45) is 0 Å². The van der Waals surface area contributed by atoms with Crippen LogP contribution < -0.4 is 0 Å². The molecule has 2 atom stereocenters. The van der Waals surface area contributed by atoms with Gasteiger partial charge in [-0.25, -0.2) is 4.39 Å². The van der Waals surface area contributed by atoms with E-state index in [9.17, 15) is 23.5 Å². The molecule has 0 aliphatic carbocycles. The number of nitriles is 1. The Labute approximate surface area is 292 Å². The van der Waals surface area contributed by atoms with E-state index in [0.29, 0.717) is 44.4 Å². The van der Waals surface area contributed by atoms with Crippen LogP contribution in [0.5, 0.6) is 0 Å². The second-order valence-corrected chi connectivity index (χ2v) is 14.2. The van der Waals surface area contributed by atoms with Gasteiger partial charge in [-0.3, -0.25) is 13.8 Å². The first-order valence-corrected chi connectivity index (χ1v) is 18.0. The van der Waals surface area contributed by atoms with E-state index >= 15 is 0 Å². The van der Waals surface area contributed by atoms with E-state index in [1.54, 1.807) is 36.6 Å². The highest BCUT2D eigenvalue weighted by Gasteiger charge is 2.28. The van der Waals surface area contributed by atoms with Crippen LogP contribution in [0.4, 0.5) is 4.39 Å². The minimum Gasteiger partial charge on any atom is -0.468 e. The van der Waals surface area contributed by atoms with Gasteiger partial charge in [-0.1, -0.05) is 59.6 Å². The van der Waals surface area contributed by atoms with Crippen molar-refractivity contribution in [2.75, 3.05) is 46.1 Å². The molecule has 0 N–H and O–H groups in total. The number of benzene rings is 4. The Kier molecular flexibility index (Phi) is 11.9. The number of rotatable bonds is 11.